The monoisotopic (exact) mass is 378 g/mol. The number of rotatable bonds is 3. The second-order valence-corrected chi connectivity index (χ2v) is 6.81. The number of benzene rings is 1. The number of aromatic nitrogens is 3. The van der Waals surface area contributed by atoms with Gasteiger partial charge in [0.05, 0.1) is 29.8 Å². The number of aryl methyl sites for hydroxylation is 1. The van der Waals surface area contributed by atoms with Crippen LogP contribution in [-0.2, 0) is 6.42 Å². The third-order valence-electron chi connectivity index (χ3n) is 5.00. The summed E-state index contributed by atoms with van der Waals surface area (Å²) < 4.78 is 19.2. The lowest BCUT2D eigenvalue weighted by atomic mass is 9.79. The number of nitrogens with zero attached hydrogens (tertiary/aromatic N) is 3. The minimum Gasteiger partial charge on any atom is -0.481 e. The molecule has 1 unspecified atom stereocenters. The highest BCUT2D eigenvalue weighted by atomic mass is 19.1. The molecule has 28 heavy (non-hydrogen) atoms. The maximum Gasteiger partial charge on any atom is 0.220 e. The molecule has 0 bridgehead atoms. The van der Waals surface area contributed by atoms with E-state index in [1.54, 1.807) is 31.2 Å². The second-order valence-electron chi connectivity index (χ2n) is 6.81. The molecule has 0 saturated heterocycles. The van der Waals surface area contributed by atoms with Crippen LogP contribution >= 0.6 is 0 Å². The molecule has 0 fully saturated rings. The van der Waals surface area contributed by atoms with Gasteiger partial charge in [-0.25, -0.2) is 19.3 Å². The number of anilines is 1. The standard InChI is InChI=1S/C21H19FN4O2/c1-11-20-17(26-21(23)24-11)8-12(9-18(20)27)14-7-6-13(22)10-15(14)16-4-3-5-19(25-16)28-2/h3-7,10,12H,8-9H2,1-2H3,(H2,23,24,26). The van der Waals surface area contributed by atoms with Crippen LogP contribution in [0.15, 0.2) is 36.4 Å². The fraction of sp³-hybridized carbons (Fsp3) is 0.238. The molecule has 0 aliphatic heterocycles. The number of halogens is 1. The van der Waals surface area contributed by atoms with Crippen molar-refractivity contribution in [3.63, 3.8) is 0 Å². The molecule has 1 aliphatic rings. The van der Waals surface area contributed by atoms with Crippen molar-refractivity contribution >= 4 is 11.7 Å². The molecule has 6 nitrogen and oxygen atoms in total. The minimum atomic E-state index is -0.367. The lowest BCUT2D eigenvalue weighted by Gasteiger charge is -2.26. The number of hydrogen-bond donors (Lipinski definition) is 1. The number of carbonyl (C=O) groups is 1. The van der Waals surface area contributed by atoms with Gasteiger partial charge in [-0.05, 0) is 43.0 Å². The number of ether oxygens (including phenoxy) is 1. The number of fused-ring (bicyclic) bond motifs is 1. The zero-order chi connectivity index (χ0) is 19.8. The SMILES string of the molecule is COc1cccc(-c2cc(F)ccc2C2CC(=O)c3c(C)nc(N)nc3C2)n1. The molecule has 0 saturated carbocycles. The van der Waals surface area contributed by atoms with Crippen LogP contribution in [0.25, 0.3) is 11.3 Å². The van der Waals surface area contributed by atoms with Crippen molar-refractivity contribution in [1.29, 1.82) is 0 Å². The van der Waals surface area contributed by atoms with Gasteiger partial charge in [-0.1, -0.05) is 12.1 Å². The number of ketones is 1. The Morgan fingerprint density at radius 3 is 2.75 bits per heavy atom. The Labute approximate surface area is 161 Å². The molecular weight excluding hydrogens is 359 g/mol. The van der Waals surface area contributed by atoms with E-state index in [4.69, 9.17) is 10.5 Å². The zero-order valence-corrected chi connectivity index (χ0v) is 15.6. The molecule has 3 aromatic rings. The van der Waals surface area contributed by atoms with Gasteiger partial charge in [0.1, 0.15) is 5.82 Å². The molecular formula is C21H19FN4O2. The van der Waals surface area contributed by atoms with E-state index in [0.29, 0.717) is 46.9 Å². The Morgan fingerprint density at radius 2 is 1.96 bits per heavy atom. The Balaban J connectivity index is 1.81. The van der Waals surface area contributed by atoms with Gasteiger partial charge in [0.15, 0.2) is 5.78 Å². The third kappa shape index (κ3) is 3.19. The van der Waals surface area contributed by atoms with Crippen molar-refractivity contribution in [2.75, 3.05) is 12.8 Å². The predicted molar refractivity (Wildman–Crippen MR) is 103 cm³/mol. The second kappa shape index (κ2) is 6.99. The van der Waals surface area contributed by atoms with Crippen LogP contribution in [0, 0.1) is 12.7 Å². The molecule has 142 valence electrons. The first-order valence-electron chi connectivity index (χ1n) is 8.93. The van der Waals surface area contributed by atoms with E-state index >= 15 is 0 Å². The molecule has 7 heteroatoms. The zero-order valence-electron chi connectivity index (χ0n) is 15.6. The molecule has 1 aromatic carbocycles. The molecule has 4 rings (SSSR count). The summed E-state index contributed by atoms with van der Waals surface area (Å²) in [4.78, 5) is 25.6. The predicted octanol–water partition coefficient (Wildman–Crippen LogP) is 3.49. The number of nitrogen functional groups attached to an aromatic ring is 1. The largest absolute Gasteiger partial charge is 0.481 e. The number of methoxy groups -OCH3 is 1. The first-order valence-corrected chi connectivity index (χ1v) is 8.93. The van der Waals surface area contributed by atoms with Crippen LogP contribution in [0.1, 0.15) is 39.6 Å². The maximum absolute atomic E-state index is 14.0. The van der Waals surface area contributed by atoms with Crippen molar-refractivity contribution in [1.82, 2.24) is 15.0 Å². The van der Waals surface area contributed by atoms with E-state index in [2.05, 4.69) is 15.0 Å². The minimum absolute atomic E-state index is 0.0300. The van der Waals surface area contributed by atoms with Crippen LogP contribution in [0.5, 0.6) is 5.88 Å². The highest BCUT2D eigenvalue weighted by Gasteiger charge is 2.31. The van der Waals surface area contributed by atoms with Crippen molar-refractivity contribution in [3.05, 3.63) is 64.7 Å². The first kappa shape index (κ1) is 18.0. The highest BCUT2D eigenvalue weighted by Crippen LogP contribution is 2.38. The average Bonchev–Trinajstić information content (AvgIpc) is 2.67. The molecule has 2 heterocycles. The van der Waals surface area contributed by atoms with Gasteiger partial charge in [0.25, 0.3) is 0 Å². The summed E-state index contributed by atoms with van der Waals surface area (Å²) >= 11 is 0. The Bertz CT molecular complexity index is 1080. The van der Waals surface area contributed by atoms with Crippen LogP contribution < -0.4 is 10.5 Å². The van der Waals surface area contributed by atoms with Gasteiger partial charge in [-0.3, -0.25) is 4.79 Å². The van der Waals surface area contributed by atoms with Gasteiger partial charge < -0.3 is 10.5 Å². The molecule has 2 N–H and O–H groups in total. The number of hydrogen-bond acceptors (Lipinski definition) is 6. The normalized spacial score (nSPS) is 16.0. The van der Waals surface area contributed by atoms with E-state index in [9.17, 15) is 9.18 Å². The van der Waals surface area contributed by atoms with E-state index in [-0.39, 0.29) is 23.5 Å². The molecule has 0 radical (unpaired) electrons. The summed E-state index contributed by atoms with van der Waals surface area (Å²) in [6.07, 6.45) is 0.820. The summed E-state index contributed by atoms with van der Waals surface area (Å²) in [6.45, 7) is 1.76. The lowest BCUT2D eigenvalue weighted by molar-refractivity contribution is 0.0962. The quantitative estimate of drug-likeness (QED) is 0.750. The summed E-state index contributed by atoms with van der Waals surface area (Å²) in [5.74, 6) is 0.0376. The Morgan fingerprint density at radius 1 is 1.14 bits per heavy atom. The topological polar surface area (TPSA) is 91.0 Å². The van der Waals surface area contributed by atoms with Crippen molar-refractivity contribution in [3.8, 4) is 17.1 Å². The number of nitrogens with two attached hydrogens (primary N) is 1. The van der Waals surface area contributed by atoms with Crippen molar-refractivity contribution < 1.29 is 13.9 Å². The van der Waals surface area contributed by atoms with Crippen LogP contribution in [0.2, 0.25) is 0 Å². The van der Waals surface area contributed by atoms with E-state index in [1.807, 2.05) is 0 Å². The Kier molecular flexibility index (Phi) is 4.50. The average molecular weight is 378 g/mol. The van der Waals surface area contributed by atoms with Gasteiger partial charge >= 0.3 is 0 Å². The summed E-state index contributed by atoms with van der Waals surface area (Å²) in [5.41, 5.74) is 9.63. The summed E-state index contributed by atoms with van der Waals surface area (Å²) in [5, 5.41) is 0. The molecule has 1 atom stereocenters. The molecule has 2 aromatic heterocycles. The van der Waals surface area contributed by atoms with Gasteiger partial charge in [0, 0.05) is 18.1 Å². The van der Waals surface area contributed by atoms with Crippen molar-refractivity contribution in [2.45, 2.75) is 25.7 Å². The van der Waals surface area contributed by atoms with Crippen LogP contribution in [0.3, 0.4) is 0 Å². The van der Waals surface area contributed by atoms with Crippen LogP contribution in [-0.4, -0.2) is 27.8 Å². The van der Waals surface area contributed by atoms with E-state index < -0.39 is 0 Å². The fourth-order valence-corrected chi connectivity index (χ4v) is 3.80. The first-order chi connectivity index (χ1) is 13.5. The molecule has 0 spiro atoms. The number of pyridine rings is 1. The summed E-state index contributed by atoms with van der Waals surface area (Å²) in [6, 6.07) is 9.88. The lowest BCUT2D eigenvalue weighted by Crippen LogP contribution is -2.23. The maximum atomic E-state index is 14.0. The van der Waals surface area contributed by atoms with Crippen LogP contribution in [0.4, 0.5) is 10.3 Å². The molecule has 0 amide bonds. The Hall–Kier alpha value is -3.35. The molecule has 1 aliphatic carbocycles. The number of carbonyl (C=O) groups excluding carboxylic acids is 1. The fourth-order valence-electron chi connectivity index (χ4n) is 3.80. The highest BCUT2D eigenvalue weighted by molar-refractivity contribution is 6.00. The number of Topliss-reactive ketones (excluding diaryl/α,β-unsaturated/α-hetero) is 1. The smallest absolute Gasteiger partial charge is 0.220 e. The van der Waals surface area contributed by atoms with Gasteiger partial charge in [0.2, 0.25) is 11.8 Å². The van der Waals surface area contributed by atoms with Crippen molar-refractivity contribution in [2.24, 2.45) is 0 Å². The van der Waals surface area contributed by atoms with E-state index in [1.165, 1.54) is 19.2 Å². The van der Waals surface area contributed by atoms with Gasteiger partial charge in [-0.15, -0.1) is 0 Å². The third-order valence-corrected chi connectivity index (χ3v) is 5.00. The van der Waals surface area contributed by atoms with E-state index in [0.717, 1.165) is 5.56 Å². The van der Waals surface area contributed by atoms with Gasteiger partial charge in [-0.2, -0.15) is 0 Å². The summed E-state index contributed by atoms with van der Waals surface area (Å²) in [7, 11) is 1.53.